The van der Waals surface area contributed by atoms with Crippen LogP contribution >= 0.6 is 0 Å². The van der Waals surface area contributed by atoms with Gasteiger partial charge in [-0.05, 0) is 48.1 Å². The van der Waals surface area contributed by atoms with Crippen LogP contribution in [0.2, 0.25) is 0 Å². The zero-order chi connectivity index (χ0) is 18.6. The molecule has 0 spiro atoms. The minimum atomic E-state index is -0.137. The molecule has 2 N–H and O–H groups in total. The van der Waals surface area contributed by atoms with Crippen molar-refractivity contribution in [2.45, 2.75) is 19.3 Å². The van der Waals surface area contributed by atoms with Crippen molar-refractivity contribution >= 4 is 16.8 Å². The number of pyridine rings is 1. The monoisotopic (exact) mass is 364 g/mol. The summed E-state index contributed by atoms with van der Waals surface area (Å²) in [7, 11) is 0. The smallest absolute Gasteiger partial charge is 0.251 e. The van der Waals surface area contributed by atoms with E-state index in [1.165, 1.54) is 0 Å². The molecule has 1 aliphatic rings. The molecular formula is C21H20N2O4. The van der Waals surface area contributed by atoms with E-state index < -0.39 is 0 Å². The van der Waals surface area contributed by atoms with Crippen molar-refractivity contribution in [2.75, 3.05) is 13.3 Å². The highest BCUT2D eigenvalue weighted by Gasteiger charge is 2.13. The third-order valence-electron chi connectivity index (χ3n) is 4.62. The first-order valence-corrected chi connectivity index (χ1v) is 8.95. The molecule has 1 aromatic heterocycles. The van der Waals surface area contributed by atoms with Gasteiger partial charge >= 0.3 is 0 Å². The van der Waals surface area contributed by atoms with E-state index in [0.29, 0.717) is 24.9 Å². The summed E-state index contributed by atoms with van der Waals surface area (Å²) < 4.78 is 10.6. The number of fused-ring (bicyclic) bond motifs is 2. The fraction of sp³-hybridized carbons (Fsp3) is 0.238. The summed E-state index contributed by atoms with van der Waals surface area (Å²) in [4.78, 5) is 27.1. The molecule has 0 unspecified atom stereocenters. The first-order chi connectivity index (χ1) is 13.2. The molecule has 2 heterocycles. The quantitative estimate of drug-likeness (QED) is 0.704. The molecule has 1 amide bonds. The molecule has 3 aromatic rings. The van der Waals surface area contributed by atoms with Crippen LogP contribution < -0.4 is 20.3 Å². The largest absolute Gasteiger partial charge is 0.454 e. The zero-order valence-electron chi connectivity index (χ0n) is 14.8. The molecule has 27 heavy (non-hydrogen) atoms. The van der Waals surface area contributed by atoms with Crippen LogP contribution in [-0.2, 0) is 17.6 Å². The van der Waals surface area contributed by atoms with Crippen molar-refractivity contribution in [3.63, 3.8) is 0 Å². The first-order valence-electron chi connectivity index (χ1n) is 8.95. The number of ether oxygens (including phenoxy) is 2. The SMILES string of the molecule is O=C(CCc1cc2ccccc2[nH]c1=O)NCCc1ccc2c(c1)OCO2. The van der Waals surface area contributed by atoms with Gasteiger partial charge in [0.2, 0.25) is 12.7 Å². The summed E-state index contributed by atoms with van der Waals surface area (Å²) in [5.41, 5.74) is 2.37. The number of hydrogen-bond donors (Lipinski definition) is 2. The number of aryl methyl sites for hydroxylation is 1. The van der Waals surface area contributed by atoms with E-state index in [0.717, 1.165) is 28.0 Å². The minimum Gasteiger partial charge on any atom is -0.454 e. The second-order valence-corrected chi connectivity index (χ2v) is 6.50. The predicted molar refractivity (Wildman–Crippen MR) is 102 cm³/mol. The lowest BCUT2D eigenvalue weighted by molar-refractivity contribution is -0.121. The van der Waals surface area contributed by atoms with E-state index in [1.807, 2.05) is 48.5 Å². The minimum absolute atomic E-state index is 0.0664. The third-order valence-corrected chi connectivity index (χ3v) is 4.62. The standard InChI is InChI=1S/C21H20N2O4/c24-20(22-10-9-14-5-7-18-19(11-14)27-13-26-18)8-6-16-12-15-3-1-2-4-17(15)23-21(16)25/h1-5,7,11-12H,6,8-10,13H2,(H,22,24)(H,23,25). The molecule has 6 nitrogen and oxygen atoms in total. The molecule has 0 saturated heterocycles. The van der Waals surface area contributed by atoms with Crippen LogP contribution in [0.4, 0.5) is 0 Å². The maximum Gasteiger partial charge on any atom is 0.251 e. The molecule has 0 bridgehead atoms. The van der Waals surface area contributed by atoms with Gasteiger partial charge in [-0.25, -0.2) is 0 Å². The van der Waals surface area contributed by atoms with Crippen LogP contribution in [0.3, 0.4) is 0 Å². The van der Waals surface area contributed by atoms with Gasteiger partial charge in [-0.15, -0.1) is 0 Å². The number of aromatic amines is 1. The molecular weight excluding hydrogens is 344 g/mol. The van der Waals surface area contributed by atoms with Crippen LogP contribution in [-0.4, -0.2) is 24.2 Å². The van der Waals surface area contributed by atoms with Gasteiger partial charge in [0.15, 0.2) is 11.5 Å². The number of aromatic nitrogens is 1. The Morgan fingerprint density at radius 3 is 2.81 bits per heavy atom. The maximum absolute atomic E-state index is 12.1. The Hall–Kier alpha value is -3.28. The van der Waals surface area contributed by atoms with Crippen molar-refractivity contribution in [2.24, 2.45) is 0 Å². The predicted octanol–water partition coefficient (Wildman–Crippen LogP) is 2.55. The topological polar surface area (TPSA) is 80.4 Å². The highest BCUT2D eigenvalue weighted by Crippen LogP contribution is 2.32. The fourth-order valence-electron chi connectivity index (χ4n) is 3.16. The van der Waals surface area contributed by atoms with Crippen molar-refractivity contribution in [1.82, 2.24) is 10.3 Å². The van der Waals surface area contributed by atoms with Crippen LogP contribution in [0.25, 0.3) is 10.9 Å². The second-order valence-electron chi connectivity index (χ2n) is 6.50. The third kappa shape index (κ3) is 3.95. The number of hydrogen-bond acceptors (Lipinski definition) is 4. The van der Waals surface area contributed by atoms with Crippen LogP contribution in [0.5, 0.6) is 11.5 Å². The molecule has 0 saturated carbocycles. The van der Waals surface area contributed by atoms with E-state index in [-0.39, 0.29) is 24.7 Å². The lowest BCUT2D eigenvalue weighted by Crippen LogP contribution is -2.26. The van der Waals surface area contributed by atoms with E-state index in [4.69, 9.17) is 9.47 Å². The highest BCUT2D eigenvalue weighted by molar-refractivity contribution is 5.79. The number of amides is 1. The maximum atomic E-state index is 12.1. The zero-order valence-corrected chi connectivity index (χ0v) is 14.8. The van der Waals surface area contributed by atoms with Gasteiger partial charge < -0.3 is 19.8 Å². The van der Waals surface area contributed by atoms with E-state index in [1.54, 1.807) is 0 Å². The summed E-state index contributed by atoms with van der Waals surface area (Å²) in [6.45, 7) is 0.788. The Bertz CT molecular complexity index is 1040. The molecule has 0 aliphatic carbocycles. The van der Waals surface area contributed by atoms with E-state index in [9.17, 15) is 9.59 Å². The van der Waals surface area contributed by atoms with Gasteiger partial charge in [-0.1, -0.05) is 24.3 Å². The Morgan fingerprint density at radius 2 is 1.89 bits per heavy atom. The van der Waals surface area contributed by atoms with Gasteiger partial charge in [0.05, 0.1) is 0 Å². The van der Waals surface area contributed by atoms with E-state index in [2.05, 4.69) is 10.3 Å². The molecule has 6 heteroatoms. The first kappa shape index (κ1) is 17.1. The van der Waals surface area contributed by atoms with Gasteiger partial charge in [-0.2, -0.15) is 0 Å². The molecule has 0 atom stereocenters. The molecule has 2 aromatic carbocycles. The Balaban J connectivity index is 1.28. The Morgan fingerprint density at radius 1 is 1.04 bits per heavy atom. The van der Waals surface area contributed by atoms with Crippen LogP contribution in [0.1, 0.15) is 17.5 Å². The summed E-state index contributed by atoms with van der Waals surface area (Å²) in [5, 5.41) is 3.87. The molecule has 0 fully saturated rings. The molecule has 0 radical (unpaired) electrons. The number of benzene rings is 2. The van der Waals surface area contributed by atoms with Gasteiger partial charge in [0.1, 0.15) is 0 Å². The number of para-hydroxylation sites is 1. The Labute approximate surface area is 156 Å². The van der Waals surface area contributed by atoms with Crippen LogP contribution in [0.15, 0.2) is 53.3 Å². The summed E-state index contributed by atoms with van der Waals surface area (Å²) in [5.74, 6) is 1.43. The van der Waals surface area contributed by atoms with Crippen molar-refractivity contribution in [3.05, 3.63) is 70.0 Å². The number of H-pyrrole nitrogens is 1. The summed E-state index contributed by atoms with van der Waals surface area (Å²) in [6, 6.07) is 15.2. The summed E-state index contributed by atoms with van der Waals surface area (Å²) in [6.07, 6.45) is 1.40. The van der Waals surface area contributed by atoms with Gasteiger partial charge in [0, 0.05) is 24.0 Å². The number of carbonyl (C=O) groups is 1. The average Bonchev–Trinajstić information content (AvgIpc) is 3.14. The average molecular weight is 364 g/mol. The van der Waals surface area contributed by atoms with Crippen molar-refractivity contribution in [1.29, 1.82) is 0 Å². The number of carbonyl (C=O) groups excluding carboxylic acids is 1. The lowest BCUT2D eigenvalue weighted by atomic mass is 10.1. The number of rotatable bonds is 6. The Kier molecular flexibility index (Phi) is 4.78. The highest BCUT2D eigenvalue weighted by atomic mass is 16.7. The van der Waals surface area contributed by atoms with Crippen LogP contribution in [0, 0.1) is 0 Å². The van der Waals surface area contributed by atoms with Crippen molar-refractivity contribution in [3.8, 4) is 11.5 Å². The number of nitrogens with one attached hydrogen (secondary N) is 2. The second kappa shape index (κ2) is 7.53. The summed E-state index contributed by atoms with van der Waals surface area (Å²) >= 11 is 0. The van der Waals surface area contributed by atoms with Gasteiger partial charge in [-0.3, -0.25) is 9.59 Å². The molecule has 138 valence electrons. The van der Waals surface area contributed by atoms with Gasteiger partial charge in [0.25, 0.3) is 5.56 Å². The molecule has 1 aliphatic heterocycles. The normalized spacial score (nSPS) is 12.3. The van der Waals surface area contributed by atoms with Crippen molar-refractivity contribution < 1.29 is 14.3 Å². The van der Waals surface area contributed by atoms with E-state index >= 15 is 0 Å². The lowest BCUT2D eigenvalue weighted by Gasteiger charge is -2.07. The molecule has 4 rings (SSSR count). The fourth-order valence-corrected chi connectivity index (χ4v) is 3.16.